The number of hydrogen-bond acceptors (Lipinski definition) is 4. The van der Waals surface area contributed by atoms with Crippen molar-refractivity contribution in [3.63, 3.8) is 0 Å². The van der Waals surface area contributed by atoms with Gasteiger partial charge in [0, 0.05) is 49.4 Å². The first-order valence-corrected chi connectivity index (χ1v) is 8.99. The average Bonchev–Trinajstić information content (AvgIpc) is 3.21. The lowest BCUT2D eigenvalue weighted by Gasteiger charge is -2.15. The van der Waals surface area contributed by atoms with Crippen LogP contribution >= 0.6 is 11.6 Å². The van der Waals surface area contributed by atoms with Crippen molar-refractivity contribution < 1.29 is 0 Å². The van der Waals surface area contributed by atoms with Crippen LogP contribution in [0, 0.1) is 0 Å². The number of hydrogen-bond donors (Lipinski definition) is 1. The van der Waals surface area contributed by atoms with Crippen molar-refractivity contribution in [2.75, 3.05) is 6.54 Å². The van der Waals surface area contributed by atoms with Gasteiger partial charge in [-0.1, -0.05) is 28.9 Å². The zero-order chi connectivity index (χ0) is 17.2. The molecule has 6 nitrogen and oxygen atoms in total. The van der Waals surface area contributed by atoms with Gasteiger partial charge in [0.1, 0.15) is 11.4 Å². The van der Waals surface area contributed by atoms with Gasteiger partial charge in [-0.25, -0.2) is 0 Å². The van der Waals surface area contributed by atoms with Crippen LogP contribution in [0.15, 0.2) is 30.5 Å². The Morgan fingerprint density at radius 1 is 1.24 bits per heavy atom. The molecule has 0 bridgehead atoms. The Balaban J connectivity index is 1.53. The van der Waals surface area contributed by atoms with Crippen LogP contribution in [0.25, 0.3) is 11.4 Å². The predicted molar refractivity (Wildman–Crippen MR) is 97.4 cm³/mol. The van der Waals surface area contributed by atoms with E-state index in [2.05, 4.69) is 32.4 Å². The van der Waals surface area contributed by atoms with E-state index in [1.54, 1.807) is 4.68 Å². The van der Waals surface area contributed by atoms with E-state index in [0.29, 0.717) is 0 Å². The SMILES string of the molecule is Cn1cc(-c2nn(CCCc3ccc(Cl)cc3)c3c2CNCC3)nn1. The fraction of sp³-hybridized carbons (Fsp3) is 0.389. The second kappa shape index (κ2) is 6.98. The first-order valence-electron chi connectivity index (χ1n) is 8.61. The number of aryl methyl sites for hydroxylation is 3. The lowest BCUT2D eigenvalue weighted by molar-refractivity contribution is 0.531. The second-order valence-corrected chi connectivity index (χ2v) is 6.87. The predicted octanol–water partition coefficient (Wildman–Crippen LogP) is 2.61. The normalized spacial score (nSPS) is 13.8. The Kier molecular flexibility index (Phi) is 4.55. The van der Waals surface area contributed by atoms with Crippen molar-refractivity contribution in [1.29, 1.82) is 0 Å². The molecule has 0 aliphatic carbocycles. The Morgan fingerprint density at radius 2 is 2.08 bits per heavy atom. The molecule has 7 heteroatoms. The highest BCUT2D eigenvalue weighted by Gasteiger charge is 2.22. The van der Waals surface area contributed by atoms with Crippen molar-refractivity contribution in [1.82, 2.24) is 30.1 Å². The molecule has 4 rings (SSSR count). The van der Waals surface area contributed by atoms with Crippen LogP contribution < -0.4 is 5.32 Å². The molecule has 1 aliphatic rings. The molecule has 0 saturated heterocycles. The van der Waals surface area contributed by atoms with Crippen LogP contribution in [0.4, 0.5) is 0 Å². The summed E-state index contributed by atoms with van der Waals surface area (Å²) in [5, 5.41) is 17.4. The van der Waals surface area contributed by atoms with Crippen molar-refractivity contribution >= 4 is 11.6 Å². The number of fused-ring (bicyclic) bond motifs is 1. The number of nitrogens with one attached hydrogen (secondary N) is 1. The molecular weight excluding hydrogens is 336 g/mol. The number of benzene rings is 1. The molecule has 0 saturated carbocycles. The number of halogens is 1. The minimum Gasteiger partial charge on any atom is -0.312 e. The lowest BCUT2D eigenvalue weighted by Crippen LogP contribution is -2.25. The highest BCUT2D eigenvalue weighted by atomic mass is 35.5. The number of rotatable bonds is 5. The van der Waals surface area contributed by atoms with Gasteiger partial charge in [0.15, 0.2) is 0 Å². The maximum atomic E-state index is 5.95. The molecule has 3 heterocycles. The Bertz CT molecular complexity index is 864. The first kappa shape index (κ1) is 16.3. The molecule has 0 amide bonds. The molecule has 2 aromatic heterocycles. The minimum atomic E-state index is 0.783. The topological polar surface area (TPSA) is 60.6 Å². The average molecular weight is 357 g/mol. The maximum Gasteiger partial charge on any atom is 0.133 e. The van der Waals surface area contributed by atoms with Crippen LogP contribution in [0.2, 0.25) is 5.02 Å². The van der Waals surface area contributed by atoms with Gasteiger partial charge >= 0.3 is 0 Å². The molecule has 1 aromatic carbocycles. The van der Waals surface area contributed by atoms with Crippen molar-refractivity contribution in [2.45, 2.75) is 32.4 Å². The van der Waals surface area contributed by atoms with E-state index in [9.17, 15) is 0 Å². The van der Waals surface area contributed by atoms with Crippen molar-refractivity contribution in [3.05, 3.63) is 52.3 Å². The monoisotopic (exact) mass is 356 g/mol. The van der Waals surface area contributed by atoms with Crippen molar-refractivity contribution in [2.24, 2.45) is 7.05 Å². The van der Waals surface area contributed by atoms with Gasteiger partial charge in [-0.2, -0.15) is 5.10 Å². The molecular formula is C18H21ClN6. The molecule has 0 atom stereocenters. The third-order valence-electron chi connectivity index (χ3n) is 4.60. The van der Waals surface area contributed by atoms with Crippen LogP contribution in [0.1, 0.15) is 23.2 Å². The Morgan fingerprint density at radius 3 is 2.84 bits per heavy atom. The zero-order valence-electron chi connectivity index (χ0n) is 14.2. The number of nitrogens with zero attached hydrogens (tertiary/aromatic N) is 5. The first-order chi connectivity index (χ1) is 12.2. The highest BCUT2D eigenvalue weighted by molar-refractivity contribution is 6.30. The molecule has 130 valence electrons. The van der Waals surface area contributed by atoms with Gasteiger partial charge < -0.3 is 5.32 Å². The summed E-state index contributed by atoms with van der Waals surface area (Å²) in [5.41, 5.74) is 5.70. The fourth-order valence-electron chi connectivity index (χ4n) is 3.35. The van der Waals surface area contributed by atoms with Gasteiger partial charge in [-0.05, 0) is 30.5 Å². The van der Waals surface area contributed by atoms with Crippen LogP contribution in [-0.4, -0.2) is 31.3 Å². The number of aromatic nitrogens is 5. The quantitative estimate of drug-likeness (QED) is 0.763. The van der Waals surface area contributed by atoms with E-state index < -0.39 is 0 Å². The van der Waals surface area contributed by atoms with E-state index in [-0.39, 0.29) is 0 Å². The van der Waals surface area contributed by atoms with Crippen molar-refractivity contribution in [3.8, 4) is 11.4 Å². The maximum absolute atomic E-state index is 5.95. The summed E-state index contributed by atoms with van der Waals surface area (Å²) < 4.78 is 3.88. The van der Waals surface area contributed by atoms with E-state index >= 15 is 0 Å². The van der Waals surface area contributed by atoms with Gasteiger partial charge in [-0.15, -0.1) is 5.10 Å². The standard InChI is InChI=1S/C18H21ClN6/c1-24-12-16(21-23-24)18-15-11-20-9-8-17(15)25(22-18)10-2-3-13-4-6-14(19)7-5-13/h4-7,12,20H,2-3,8-11H2,1H3. The summed E-state index contributed by atoms with van der Waals surface area (Å²) in [7, 11) is 1.88. The van der Waals surface area contributed by atoms with E-state index in [1.165, 1.54) is 16.8 Å². The minimum absolute atomic E-state index is 0.783. The van der Waals surface area contributed by atoms with E-state index in [1.807, 2.05) is 25.4 Å². The fourth-order valence-corrected chi connectivity index (χ4v) is 3.48. The van der Waals surface area contributed by atoms with Crippen LogP contribution in [-0.2, 0) is 33.0 Å². The third kappa shape index (κ3) is 3.45. The second-order valence-electron chi connectivity index (χ2n) is 6.43. The Hall–Kier alpha value is -2.18. The molecule has 3 aromatic rings. The van der Waals surface area contributed by atoms with Gasteiger partial charge in [0.05, 0.1) is 6.20 Å². The lowest BCUT2D eigenvalue weighted by atomic mass is 10.1. The highest BCUT2D eigenvalue weighted by Crippen LogP contribution is 2.26. The molecule has 0 spiro atoms. The summed E-state index contributed by atoms with van der Waals surface area (Å²) in [6.45, 7) is 2.75. The van der Waals surface area contributed by atoms with Gasteiger partial charge in [0.25, 0.3) is 0 Å². The molecule has 1 aliphatic heterocycles. The smallest absolute Gasteiger partial charge is 0.133 e. The largest absolute Gasteiger partial charge is 0.312 e. The molecule has 25 heavy (non-hydrogen) atoms. The molecule has 0 unspecified atom stereocenters. The van der Waals surface area contributed by atoms with Gasteiger partial charge in [-0.3, -0.25) is 9.36 Å². The van der Waals surface area contributed by atoms with E-state index in [0.717, 1.165) is 55.3 Å². The molecule has 0 radical (unpaired) electrons. The Labute approximate surface area is 151 Å². The van der Waals surface area contributed by atoms with E-state index in [4.69, 9.17) is 16.7 Å². The van der Waals surface area contributed by atoms with Crippen LogP contribution in [0.5, 0.6) is 0 Å². The summed E-state index contributed by atoms with van der Waals surface area (Å²) >= 11 is 5.95. The summed E-state index contributed by atoms with van der Waals surface area (Å²) in [6, 6.07) is 8.08. The van der Waals surface area contributed by atoms with Gasteiger partial charge in [0.2, 0.25) is 0 Å². The van der Waals surface area contributed by atoms with Crippen LogP contribution in [0.3, 0.4) is 0 Å². The summed E-state index contributed by atoms with van der Waals surface area (Å²) in [4.78, 5) is 0. The summed E-state index contributed by atoms with van der Waals surface area (Å²) in [5.74, 6) is 0. The zero-order valence-corrected chi connectivity index (χ0v) is 15.0. The summed E-state index contributed by atoms with van der Waals surface area (Å²) in [6.07, 6.45) is 4.99. The molecule has 1 N–H and O–H groups in total. The molecule has 0 fully saturated rings. The third-order valence-corrected chi connectivity index (χ3v) is 4.85.